The van der Waals surface area contributed by atoms with Gasteiger partial charge in [-0.25, -0.2) is 0 Å². The Morgan fingerprint density at radius 3 is 2.42 bits per heavy atom. The second-order valence-corrected chi connectivity index (χ2v) is 7.29. The van der Waals surface area contributed by atoms with Crippen molar-refractivity contribution in [1.29, 1.82) is 0 Å². The van der Waals surface area contributed by atoms with Gasteiger partial charge < -0.3 is 19.5 Å². The Balaban J connectivity index is 1.58. The van der Waals surface area contributed by atoms with E-state index in [1.807, 2.05) is 12.1 Å². The Labute approximate surface area is 155 Å². The third-order valence-corrected chi connectivity index (χ3v) is 5.42. The number of quaternary nitrogens is 1. The third-order valence-electron chi connectivity index (χ3n) is 5.42. The van der Waals surface area contributed by atoms with E-state index in [4.69, 9.17) is 0 Å². The molecule has 3 rings (SSSR count). The number of piperazine rings is 1. The zero-order valence-corrected chi connectivity index (χ0v) is 16.1. The van der Waals surface area contributed by atoms with Gasteiger partial charge in [0, 0.05) is 29.2 Å². The van der Waals surface area contributed by atoms with Crippen molar-refractivity contribution in [2.24, 2.45) is 0 Å². The van der Waals surface area contributed by atoms with E-state index in [1.165, 1.54) is 10.6 Å². The number of carbonyl (C=O) groups excluding carboxylic acids is 1. The molecule has 2 N–H and O–H groups in total. The zero-order chi connectivity index (χ0) is 18.7. The molecule has 1 saturated heterocycles. The van der Waals surface area contributed by atoms with Crippen LogP contribution in [-0.2, 0) is 6.54 Å². The minimum atomic E-state index is 0.258. The van der Waals surface area contributed by atoms with Crippen LogP contribution in [0.3, 0.4) is 0 Å². The molecule has 26 heavy (non-hydrogen) atoms. The molecule has 0 atom stereocenters. The lowest BCUT2D eigenvalue weighted by atomic mass is 10.1. The fourth-order valence-electron chi connectivity index (χ4n) is 3.89. The molecule has 0 spiro atoms. The number of carbonyl (C=O) groups is 1. The molecule has 140 valence electrons. The number of aromatic hydroxyl groups is 1. The molecule has 0 amide bonds. The quantitative estimate of drug-likeness (QED) is 0.776. The van der Waals surface area contributed by atoms with Crippen LogP contribution in [0.4, 0.5) is 5.69 Å². The summed E-state index contributed by atoms with van der Waals surface area (Å²) in [6.07, 6.45) is 1.08. The molecule has 2 heterocycles. The van der Waals surface area contributed by atoms with E-state index >= 15 is 0 Å². The van der Waals surface area contributed by atoms with E-state index in [1.54, 1.807) is 12.1 Å². The van der Waals surface area contributed by atoms with Crippen molar-refractivity contribution in [3.05, 3.63) is 47.3 Å². The highest BCUT2D eigenvalue weighted by molar-refractivity contribution is 5.98. The highest BCUT2D eigenvalue weighted by Gasteiger charge is 2.24. The number of phenolic OH excluding ortho intramolecular Hbond substituents is 1. The molecule has 0 bridgehead atoms. The minimum absolute atomic E-state index is 0.258. The maximum absolute atomic E-state index is 12.8. The average Bonchev–Trinajstić information content (AvgIpc) is 2.92. The largest absolute Gasteiger partial charge is 0.508 e. The Hall–Kier alpha value is -2.27. The van der Waals surface area contributed by atoms with Crippen molar-refractivity contribution >= 4 is 11.5 Å². The van der Waals surface area contributed by atoms with Gasteiger partial charge in [-0.1, -0.05) is 6.92 Å². The number of hydrogen-bond donors (Lipinski definition) is 2. The number of nitrogens with zero attached hydrogens (tertiary/aromatic N) is 2. The smallest absolute Gasteiger partial charge is 0.218 e. The Morgan fingerprint density at radius 2 is 1.81 bits per heavy atom. The second-order valence-electron chi connectivity index (χ2n) is 7.29. The van der Waals surface area contributed by atoms with Gasteiger partial charge in [-0.3, -0.25) is 4.79 Å². The van der Waals surface area contributed by atoms with Crippen LogP contribution in [0.15, 0.2) is 30.3 Å². The number of aryl methyl sites for hydroxylation is 1. The molecule has 0 unspecified atom stereocenters. The fourth-order valence-corrected chi connectivity index (χ4v) is 3.89. The van der Waals surface area contributed by atoms with Crippen LogP contribution in [0, 0.1) is 13.8 Å². The van der Waals surface area contributed by atoms with Crippen LogP contribution >= 0.6 is 0 Å². The second kappa shape index (κ2) is 7.96. The van der Waals surface area contributed by atoms with Gasteiger partial charge in [0.25, 0.3) is 0 Å². The van der Waals surface area contributed by atoms with E-state index < -0.39 is 0 Å². The molecule has 2 aromatic rings. The number of aromatic nitrogens is 1. The number of rotatable bonds is 6. The lowest BCUT2D eigenvalue weighted by molar-refractivity contribution is -0.892. The van der Waals surface area contributed by atoms with Crippen molar-refractivity contribution in [1.82, 2.24) is 4.57 Å². The predicted molar refractivity (Wildman–Crippen MR) is 104 cm³/mol. The van der Waals surface area contributed by atoms with Crippen molar-refractivity contribution in [2.45, 2.75) is 33.7 Å². The zero-order valence-electron chi connectivity index (χ0n) is 16.1. The summed E-state index contributed by atoms with van der Waals surface area (Å²) in [5.41, 5.74) is 4.32. The first-order valence-corrected chi connectivity index (χ1v) is 9.57. The average molecular weight is 356 g/mol. The molecule has 1 aromatic heterocycles. The Kier molecular flexibility index (Phi) is 5.67. The van der Waals surface area contributed by atoms with Crippen LogP contribution in [0.1, 0.15) is 35.1 Å². The van der Waals surface area contributed by atoms with Gasteiger partial charge in [0.05, 0.1) is 26.2 Å². The van der Waals surface area contributed by atoms with Crippen LogP contribution < -0.4 is 9.80 Å². The lowest BCUT2D eigenvalue weighted by Crippen LogP contribution is -3.15. The maximum atomic E-state index is 12.8. The first-order chi connectivity index (χ1) is 12.5. The summed E-state index contributed by atoms with van der Waals surface area (Å²) in [7, 11) is 0. The molecule has 5 heteroatoms. The molecule has 1 aromatic carbocycles. The van der Waals surface area contributed by atoms with Crippen molar-refractivity contribution in [3.8, 4) is 5.75 Å². The van der Waals surface area contributed by atoms with Crippen LogP contribution in [0.25, 0.3) is 0 Å². The number of phenols is 1. The standard InChI is InChI=1S/C21H29N3O2/c1-4-9-24-16(2)14-20(17(24)3)21(26)15-22-10-12-23(13-11-22)18-5-7-19(25)8-6-18/h5-8,14,25H,4,9-13,15H2,1-3H3/p+1. The maximum Gasteiger partial charge on any atom is 0.218 e. The number of nitrogens with one attached hydrogen (secondary N) is 1. The minimum Gasteiger partial charge on any atom is -0.508 e. The van der Waals surface area contributed by atoms with Gasteiger partial charge in [-0.05, 0) is 50.6 Å². The Bertz CT molecular complexity index is 756. The van der Waals surface area contributed by atoms with Crippen molar-refractivity contribution in [2.75, 3.05) is 37.6 Å². The van der Waals surface area contributed by atoms with Gasteiger partial charge in [-0.2, -0.15) is 0 Å². The van der Waals surface area contributed by atoms with Crippen molar-refractivity contribution in [3.63, 3.8) is 0 Å². The summed E-state index contributed by atoms with van der Waals surface area (Å²) in [5.74, 6) is 0.554. The molecule has 1 aliphatic rings. The molecular weight excluding hydrogens is 326 g/mol. The molecule has 0 aliphatic carbocycles. The topological polar surface area (TPSA) is 49.9 Å². The van der Waals surface area contributed by atoms with E-state index in [-0.39, 0.29) is 5.78 Å². The molecule has 0 saturated carbocycles. The van der Waals surface area contributed by atoms with Gasteiger partial charge in [0.15, 0.2) is 0 Å². The van der Waals surface area contributed by atoms with Gasteiger partial charge in [0.1, 0.15) is 12.3 Å². The first-order valence-electron chi connectivity index (χ1n) is 9.57. The summed E-state index contributed by atoms with van der Waals surface area (Å²) in [5, 5.41) is 9.42. The summed E-state index contributed by atoms with van der Waals surface area (Å²) in [6.45, 7) is 11.6. The highest BCUT2D eigenvalue weighted by atomic mass is 16.3. The number of benzene rings is 1. The lowest BCUT2D eigenvalue weighted by Gasteiger charge is -2.33. The predicted octanol–water partition coefficient (Wildman–Crippen LogP) is 1.81. The van der Waals surface area contributed by atoms with Crippen LogP contribution in [0.5, 0.6) is 5.75 Å². The number of hydrogen-bond acceptors (Lipinski definition) is 3. The summed E-state index contributed by atoms with van der Waals surface area (Å²) in [4.78, 5) is 16.5. The van der Waals surface area contributed by atoms with E-state index in [2.05, 4.69) is 36.3 Å². The number of Topliss-reactive ketones (excluding diaryl/α,β-unsaturated/α-hetero) is 1. The fraction of sp³-hybridized carbons (Fsp3) is 0.476. The number of anilines is 1. The molecule has 0 radical (unpaired) electrons. The van der Waals surface area contributed by atoms with Crippen LogP contribution in [0.2, 0.25) is 0 Å². The summed E-state index contributed by atoms with van der Waals surface area (Å²) in [6, 6.07) is 9.41. The van der Waals surface area contributed by atoms with Gasteiger partial charge in [-0.15, -0.1) is 0 Å². The number of ketones is 1. The Morgan fingerprint density at radius 1 is 1.15 bits per heavy atom. The SMILES string of the molecule is CCCn1c(C)cc(C(=O)C[NH+]2CCN(c3ccc(O)cc3)CC2)c1C. The van der Waals surface area contributed by atoms with Gasteiger partial charge >= 0.3 is 0 Å². The summed E-state index contributed by atoms with van der Waals surface area (Å²) >= 11 is 0. The van der Waals surface area contributed by atoms with E-state index in [0.717, 1.165) is 56.1 Å². The monoisotopic (exact) mass is 356 g/mol. The van der Waals surface area contributed by atoms with Crippen molar-refractivity contribution < 1.29 is 14.8 Å². The van der Waals surface area contributed by atoms with E-state index in [9.17, 15) is 9.90 Å². The normalized spacial score (nSPS) is 15.4. The molecule has 1 fully saturated rings. The van der Waals surface area contributed by atoms with E-state index in [0.29, 0.717) is 12.3 Å². The van der Waals surface area contributed by atoms with Crippen LogP contribution in [-0.4, -0.2) is 48.2 Å². The van der Waals surface area contributed by atoms with Gasteiger partial charge in [0.2, 0.25) is 5.78 Å². The third kappa shape index (κ3) is 3.93. The molecular formula is C21H30N3O2+. The molecule has 1 aliphatic heterocycles. The molecule has 5 nitrogen and oxygen atoms in total. The first kappa shape index (κ1) is 18.5. The summed E-state index contributed by atoms with van der Waals surface area (Å²) < 4.78 is 2.26. The highest BCUT2D eigenvalue weighted by Crippen LogP contribution is 2.18.